The molecule has 7 nitrogen and oxygen atoms in total. The monoisotopic (exact) mass is 338 g/mol. The fourth-order valence-electron chi connectivity index (χ4n) is 3.67. The Morgan fingerprint density at radius 3 is 2.76 bits per heavy atom. The second-order valence-electron chi connectivity index (χ2n) is 6.50. The Balaban J connectivity index is 1.56. The first-order valence-electron chi connectivity index (χ1n) is 8.64. The molecule has 3 N–H and O–H groups in total. The Labute approximate surface area is 145 Å². The van der Waals surface area contributed by atoms with E-state index in [9.17, 15) is 4.79 Å². The molecule has 1 aliphatic rings. The van der Waals surface area contributed by atoms with Crippen molar-refractivity contribution >= 4 is 16.9 Å². The third-order valence-corrected chi connectivity index (χ3v) is 4.86. The summed E-state index contributed by atoms with van der Waals surface area (Å²) in [5.41, 5.74) is 8.43. The Kier molecular flexibility index (Phi) is 4.01. The molecule has 1 aromatic carbocycles. The van der Waals surface area contributed by atoms with E-state index < -0.39 is 0 Å². The maximum absolute atomic E-state index is 12.4. The summed E-state index contributed by atoms with van der Waals surface area (Å²) >= 11 is 0. The zero-order valence-corrected chi connectivity index (χ0v) is 14.3. The van der Waals surface area contributed by atoms with Crippen LogP contribution in [0.1, 0.15) is 30.4 Å². The molecule has 0 bridgehead atoms. The molecule has 0 radical (unpaired) electrons. The third kappa shape index (κ3) is 2.91. The smallest absolute Gasteiger partial charge is 0.326 e. The fourth-order valence-corrected chi connectivity index (χ4v) is 3.67. The van der Waals surface area contributed by atoms with Crippen LogP contribution >= 0.6 is 0 Å². The summed E-state index contributed by atoms with van der Waals surface area (Å²) in [4.78, 5) is 26.5. The van der Waals surface area contributed by atoms with Crippen molar-refractivity contribution in [3.63, 3.8) is 0 Å². The normalized spacial score (nSPS) is 15.8. The van der Waals surface area contributed by atoms with Gasteiger partial charge in [-0.2, -0.15) is 0 Å². The first-order valence-corrected chi connectivity index (χ1v) is 8.64. The van der Waals surface area contributed by atoms with E-state index in [-0.39, 0.29) is 11.7 Å². The van der Waals surface area contributed by atoms with Crippen LogP contribution in [-0.2, 0) is 6.54 Å². The van der Waals surface area contributed by atoms with Gasteiger partial charge in [0.1, 0.15) is 11.6 Å². The Morgan fingerprint density at radius 2 is 2.00 bits per heavy atom. The zero-order valence-electron chi connectivity index (χ0n) is 14.3. The van der Waals surface area contributed by atoms with Crippen LogP contribution in [0.5, 0.6) is 0 Å². The van der Waals surface area contributed by atoms with Crippen LogP contribution in [0.15, 0.2) is 35.1 Å². The van der Waals surface area contributed by atoms with Crippen molar-refractivity contribution in [2.75, 3.05) is 18.0 Å². The summed E-state index contributed by atoms with van der Waals surface area (Å²) in [6, 6.07) is 10.0. The van der Waals surface area contributed by atoms with Crippen molar-refractivity contribution in [1.82, 2.24) is 19.5 Å². The van der Waals surface area contributed by atoms with Gasteiger partial charge in [0.25, 0.3) is 0 Å². The standard InChI is InChI=1S/C18H22N6O/c1-12-20-13(11-19)10-17(21-12)23-8-6-14(7-9-23)24-16-5-3-2-4-15(16)22-18(24)25/h2-5,10,14H,6-9,11,19H2,1H3,(H,22,25). The van der Waals surface area contributed by atoms with Crippen LogP contribution in [0.25, 0.3) is 11.0 Å². The Morgan fingerprint density at radius 1 is 1.24 bits per heavy atom. The number of hydrogen-bond acceptors (Lipinski definition) is 5. The van der Waals surface area contributed by atoms with Crippen LogP contribution in [0.4, 0.5) is 5.82 Å². The minimum absolute atomic E-state index is 0.0250. The quantitative estimate of drug-likeness (QED) is 0.759. The van der Waals surface area contributed by atoms with E-state index in [1.54, 1.807) is 0 Å². The molecular formula is C18H22N6O. The van der Waals surface area contributed by atoms with Gasteiger partial charge in [-0.3, -0.25) is 4.57 Å². The van der Waals surface area contributed by atoms with E-state index in [4.69, 9.17) is 5.73 Å². The SMILES string of the molecule is Cc1nc(CN)cc(N2CCC(n3c(=O)[nH]c4ccccc43)CC2)n1. The van der Waals surface area contributed by atoms with Gasteiger partial charge in [0.05, 0.1) is 16.7 Å². The molecule has 0 unspecified atom stereocenters. The number of aryl methyl sites for hydroxylation is 1. The lowest BCUT2D eigenvalue weighted by Gasteiger charge is -2.33. The van der Waals surface area contributed by atoms with Crippen molar-refractivity contribution in [2.45, 2.75) is 32.4 Å². The summed E-state index contributed by atoms with van der Waals surface area (Å²) in [5, 5.41) is 0. The van der Waals surface area contributed by atoms with Gasteiger partial charge in [0.2, 0.25) is 0 Å². The molecule has 0 spiro atoms. The molecule has 0 aliphatic carbocycles. The first-order chi connectivity index (χ1) is 12.2. The highest BCUT2D eigenvalue weighted by Gasteiger charge is 2.24. The van der Waals surface area contributed by atoms with Gasteiger partial charge in [-0.15, -0.1) is 0 Å². The van der Waals surface area contributed by atoms with E-state index >= 15 is 0 Å². The zero-order chi connectivity index (χ0) is 17.4. The van der Waals surface area contributed by atoms with Crippen LogP contribution in [0.3, 0.4) is 0 Å². The molecule has 25 heavy (non-hydrogen) atoms. The molecule has 0 atom stereocenters. The highest BCUT2D eigenvalue weighted by Crippen LogP contribution is 2.27. The number of nitrogens with one attached hydrogen (secondary N) is 1. The molecule has 1 saturated heterocycles. The number of nitrogens with two attached hydrogens (primary N) is 1. The number of aromatic amines is 1. The number of imidazole rings is 1. The fraction of sp³-hybridized carbons (Fsp3) is 0.389. The molecule has 0 saturated carbocycles. The van der Waals surface area contributed by atoms with E-state index in [0.717, 1.165) is 54.3 Å². The molecule has 1 aliphatic heterocycles. The predicted octanol–water partition coefficient (Wildman–Crippen LogP) is 1.73. The lowest BCUT2D eigenvalue weighted by molar-refractivity contribution is 0.395. The van der Waals surface area contributed by atoms with Crippen molar-refractivity contribution in [1.29, 1.82) is 0 Å². The lowest BCUT2D eigenvalue weighted by Crippen LogP contribution is -2.37. The first kappa shape index (κ1) is 15.8. The second kappa shape index (κ2) is 6.33. The number of fused-ring (bicyclic) bond motifs is 1. The maximum Gasteiger partial charge on any atom is 0.326 e. The summed E-state index contributed by atoms with van der Waals surface area (Å²) in [5.74, 6) is 1.67. The summed E-state index contributed by atoms with van der Waals surface area (Å²) in [6.07, 6.45) is 1.81. The highest BCUT2D eigenvalue weighted by atomic mass is 16.1. The van der Waals surface area contributed by atoms with Crippen molar-refractivity contribution < 1.29 is 0 Å². The van der Waals surface area contributed by atoms with Crippen molar-refractivity contribution in [3.05, 3.63) is 52.3 Å². The molecule has 0 amide bonds. The molecule has 4 rings (SSSR count). The summed E-state index contributed by atoms with van der Waals surface area (Å²) in [6.45, 7) is 4.02. The largest absolute Gasteiger partial charge is 0.356 e. The highest BCUT2D eigenvalue weighted by molar-refractivity contribution is 5.75. The number of para-hydroxylation sites is 2. The van der Waals surface area contributed by atoms with Gasteiger partial charge in [-0.1, -0.05) is 12.1 Å². The third-order valence-electron chi connectivity index (χ3n) is 4.86. The molecular weight excluding hydrogens is 316 g/mol. The van der Waals surface area contributed by atoms with Crippen LogP contribution in [0.2, 0.25) is 0 Å². The Bertz CT molecular complexity index is 952. The molecule has 3 heterocycles. The van der Waals surface area contributed by atoms with Gasteiger partial charge in [-0.25, -0.2) is 14.8 Å². The predicted molar refractivity (Wildman–Crippen MR) is 97.7 cm³/mol. The van der Waals surface area contributed by atoms with Crippen molar-refractivity contribution in [3.8, 4) is 0 Å². The molecule has 7 heteroatoms. The van der Waals surface area contributed by atoms with E-state index in [0.29, 0.717) is 6.54 Å². The number of hydrogen-bond donors (Lipinski definition) is 2. The average molecular weight is 338 g/mol. The van der Waals surface area contributed by atoms with Gasteiger partial charge in [0.15, 0.2) is 0 Å². The van der Waals surface area contributed by atoms with Crippen molar-refractivity contribution in [2.24, 2.45) is 5.73 Å². The van der Waals surface area contributed by atoms with Gasteiger partial charge in [-0.05, 0) is 31.9 Å². The second-order valence-corrected chi connectivity index (χ2v) is 6.50. The minimum Gasteiger partial charge on any atom is -0.356 e. The van der Waals surface area contributed by atoms with Crippen LogP contribution < -0.4 is 16.3 Å². The van der Waals surface area contributed by atoms with Gasteiger partial charge < -0.3 is 15.6 Å². The summed E-state index contributed by atoms with van der Waals surface area (Å²) in [7, 11) is 0. The van der Waals surface area contributed by atoms with Crippen LogP contribution in [0, 0.1) is 6.92 Å². The topological polar surface area (TPSA) is 92.8 Å². The van der Waals surface area contributed by atoms with Gasteiger partial charge in [0, 0.05) is 31.7 Å². The number of H-pyrrole nitrogens is 1. The number of nitrogens with zero attached hydrogens (tertiary/aromatic N) is 4. The molecule has 130 valence electrons. The van der Waals surface area contributed by atoms with Crippen LogP contribution in [-0.4, -0.2) is 32.6 Å². The average Bonchev–Trinajstić information content (AvgIpc) is 2.97. The molecule has 2 aromatic heterocycles. The number of benzene rings is 1. The maximum atomic E-state index is 12.4. The van der Waals surface area contributed by atoms with Gasteiger partial charge >= 0.3 is 5.69 Å². The number of aromatic nitrogens is 4. The summed E-state index contributed by atoms with van der Waals surface area (Å²) < 4.78 is 1.91. The van der Waals surface area contributed by atoms with E-state index in [1.807, 2.05) is 41.8 Å². The molecule has 3 aromatic rings. The number of rotatable bonds is 3. The minimum atomic E-state index is -0.0250. The molecule has 1 fully saturated rings. The van der Waals surface area contributed by atoms with E-state index in [2.05, 4.69) is 19.9 Å². The lowest BCUT2D eigenvalue weighted by atomic mass is 10.0. The van der Waals surface area contributed by atoms with E-state index in [1.165, 1.54) is 0 Å². The number of anilines is 1. The Hall–Kier alpha value is -2.67. The number of piperidine rings is 1.